The lowest BCUT2D eigenvalue weighted by Gasteiger charge is -2.29. The van der Waals surface area contributed by atoms with Crippen LogP contribution in [0.1, 0.15) is 16.1 Å². The first kappa shape index (κ1) is 14.8. The van der Waals surface area contributed by atoms with E-state index in [-0.39, 0.29) is 5.78 Å². The fraction of sp³-hybridized carbons (Fsp3) is 0.267. The zero-order valence-corrected chi connectivity index (χ0v) is 12.6. The highest BCUT2D eigenvalue weighted by Crippen LogP contribution is 2.22. The first-order valence-corrected chi connectivity index (χ1v) is 7.69. The summed E-state index contributed by atoms with van der Waals surface area (Å²) in [4.78, 5) is 14.0. The van der Waals surface area contributed by atoms with Crippen molar-refractivity contribution in [3.8, 4) is 0 Å². The van der Waals surface area contributed by atoms with Crippen molar-refractivity contribution in [2.75, 3.05) is 31.2 Å². The van der Waals surface area contributed by atoms with Crippen molar-refractivity contribution < 1.29 is 13.9 Å². The van der Waals surface area contributed by atoms with E-state index in [0.29, 0.717) is 43.2 Å². The molecule has 0 spiro atoms. The summed E-state index contributed by atoms with van der Waals surface area (Å²) in [5.41, 5.74) is 1.44. The van der Waals surface area contributed by atoms with E-state index in [4.69, 9.17) is 4.74 Å². The lowest BCUT2D eigenvalue weighted by atomic mass is 10.1. The Bertz CT molecular complexity index is 682. The van der Waals surface area contributed by atoms with Gasteiger partial charge in [0.1, 0.15) is 5.82 Å². The molecule has 0 radical (unpaired) electrons. The molecular weight excluding hydrogens is 305 g/mol. The first-order chi connectivity index (χ1) is 10.7. The topological polar surface area (TPSA) is 55.3 Å². The first-order valence-electron chi connectivity index (χ1n) is 6.86. The molecule has 3 rings (SSSR count). The normalized spacial score (nSPS) is 15.4. The number of anilines is 1. The third-order valence-electron chi connectivity index (χ3n) is 3.37. The molecule has 1 aromatic carbocycles. The number of morpholine rings is 1. The number of hydrogen-bond donors (Lipinski definition) is 0. The van der Waals surface area contributed by atoms with Gasteiger partial charge in [0, 0.05) is 24.0 Å². The van der Waals surface area contributed by atoms with E-state index in [2.05, 4.69) is 9.59 Å². The second-order valence-electron chi connectivity index (χ2n) is 4.79. The fourth-order valence-corrected chi connectivity index (χ4v) is 2.64. The number of rotatable bonds is 4. The molecule has 0 saturated carbocycles. The molecule has 0 N–H and O–H groups in total. The number of benzene rings is 1. The molecule has 1 saturated heterocycles. The number of nitrogens with zero attached hydrogens (tertiary/aromatic N) is 3. The molecule has 0 unspecified atom stereocenters. The monoisotopic (exact) mass is 319 g/mol. The summed E-state index contributed by atoms with van der Waals surface area (Å²) in [6.45, 7) is 2.48. The van der Waals surface area contributed by atoms with Crippen molar-refractivity contribution in [2.24, 2.45) is 0 Å². The van der Waals surface area contributed by atoms with Crippen molar-refractivity contribution in [2.45, 2.75) is 0 Å². The molecule has 2 aromatic rings. The highest BCUT2D eigenvalue weighted by atomic mass is 32.1. The minimum absolute atomic E-state index is 0.263. The van der Waals surface area contributed by atoms with E-state index in [1.165, 1.54) is 23.7 Å². The van der Waals surface area contributed by atoms with Gasteiger partial charge in [-0.25, -0.2) is 4.39 Å². The molecule has 5 nitrogen and oxygen atoms in total. The molecule has 2 heterocycles. The molecular formula is C15H14FN3O2S. The molecule has 0 atom stereocenters. The number of aromatic nitrogens is 2. The third kappa shape index (κ3) is 3.37. The molecule has 1 aliphatic rings. The number of hydrogen-bond acceptors (Lipinski definition) is 6. The van der Waals surface area contributed by atoms with Crippen molar-refractivity contribution in [1.82, 2.24) is 9.59 Å². The predicted octanol–water partition coefficient (Wildman–Crippen LogP) is 2.41. The Morgan fingerprint density at radius 3 is 2.86 bits per heavy atom. The van der Waals surface area contributed by atoms with Gasteiger partial charge in [-0.15, -0.1) is 5.10 Å². The summed E-state index contributed by atoms with van der Waals surface area (Å²) >= 11 is 1.21. The molecule has 0 bridgehead atoms. The van der Waals surface area contributed by atoms with Crippen molar-refractivity contribution in [3.63, 3.8) is 0 Å². The number of halogens is 1. The van der Waals surface area contributed by atoms with Gasteiger partial charge in [-0.05, 0) is 41.9 Å². The summed E-state index contributed by atoms with van der Waals surface area (Å²) in [7, 11) is 0. The molecule has 22 heavy (non-hydrogen) atoms. The molecule has 7 heteroatoms. The smallest absolute Gasteiger partial charge is 0.186 e. The van der Waals surface area contributed by atoms with E-state index in [9.17, 15) is 9.18 Å². The van der Waals surface area contributed by atoms with Crippen LogP contribution in [0.25, 0.3) is 6.08 Å². The summed E-state index contributed by atoms with van der Waals surface area (Å²) < 4.78 is 23.2. The maximum absolute atomic E-state index is 14.2. The van der Waals surface area contributed by atoms with Crippen LogP contribution in [0.2, 0.25) is 0 Å². The fourth-order valence-electron chi connectivity index (χ4n) is 2.22. The van der Waals surface area contributed by atoms with Gasteiger partial charge < -0.3 is 9.64 Å². The second kappa shape index (κ2) is 6.76. The van der Waals surface area contributed by atoms with Gasteiger partial charge in [-0.3, -0.25) is 4.79 Å². The minimum Gasteiger partial charge on any atom is -0.378 e. The summed E-state index contributed by atoms with van der Waals surface area (Å²) in [6, 6.07) is 4.56. The number of ketones is 1. The van der Waals surface area contributed by atoms with E-state index in [0.717, 1.165) is 0 Å². The Balaban J connectivity index is 1.74. The molecule has 114 valence electrons. The third-order valence-corrected chi connectivity index (χ3v) is 3.89. The Morgan fingerprint density at radius 1 is 1.36 bits per heavy atom. The Labute approximate surface area is 131 Å². The van der Waals surface area contributed by atoms with Gasteiger partial charge in [-0.2, -0.15) is 0 Å². The zero-order valence-electron chi connectivity index (χ0n) is 11.7. The van der Waals surface area contributed by atoms with Crippen LogP contribution in [0.5, 0.6) is 0 Å². The summed E-state index contributed by atoms with van der Waals surface area (Å²) in [6.07, 6.45) is 2.94. The number of ether oxygens (including phenoxy) is 1. The van der Waals surface area contributed by atoms with Gasteiger partial charge in [0.2, 0.25) is 0 Å². The lowest BCUT2D eigenvalue weighted by molar-refractivity contribution is 0.104. The predicted molar refractivity (Wildman–Crippen MR) is 82.7 cm³/mol. The van der Waals surface area contributed by atoms with E-state index >= 15 is 0 Å². The lowest BCUT2D eigenvalue weighted by Crippen LogP contribution is -2.36. The quantitative estimate of drug-likeness (QED) is 0.640. The molecule has 0 aliphatic carbocycles. The second-order valence-corrected chi connectivity index (χ2v) is 5.40. The van der Waals surface area contributed by atoms with Crippen molar-refractivity contribution >= 4 is 29.1 Å². The van der Waals surface area contributed by atoms with Crippen LogP contribution in [0.15, 0.2) is 29.7 Å². The van der Waals surface area contributed by atoms with Crippen LogP contribution in [0.4, 0.5) is 10.1 Å². The molecule has 0 amide bonds. The Hall–Kier alpha value is -2.12. The van der Waals surface area contributed by atoms with Gasteiger partial charge in [-0.1, -0.05) is 4.49 Å². The summed E-state index contributed by atoms with van der Waals surface area (Å²) in [5.74, 6) is -0.656. The van der Waals surface area contributed by atoms with Crippen LogP contribution in [0.3, 0.4) is 0 Å². The standard InChI is InChI=1S/C15H14FN3O2S/c16-13-9-11(15(20)4-2-12-10-22-18-17-12)1-3-14(13)19-5-7-21-8-6-19/h1-4,9-10H,5-8H2. The van der Waals surface area contributed by atoms with Crippen molar-refractivity contribution in [3.05, 3.63) is 46.7 Å². The van der Waals surface area contributed by atoms with E-state index in [1.54, 1.807) is 23.6 Å². The number of allylic oxidation sites excluding steroid dienone is 1. The van der Waals surface area contributed by atoms with Crippen LogP contribution in [0, 0.1) is 5.82 Å². The molecule has 1 aliphatic heterocycles. The van der Waals surface area contributed by atoms with E-state index < -0.39 is 5.82 Å². The van der Waals surface area contributed by atoms with Gasteiger partial charge in [0.15, 0.2) is 5.78 Å². The zero-order chi connectivity index (χ0) is 15.4. The maximum Gasteiger partial charge on any atom is 0.186 e. The summed E-state index contributed by atoms with van der Waals surface area (Å²) in [5, 5.41) is 5.54. The Kier molecular flexibility index (Phi) is 4.55. The van der Waals surface area contributed by atoms with Gasteiger partial charge in [0.05, 0.1) is 24.6 Å². The molecule has 1 fully saturated rings. The highest BCUT2D eigenvalue weighted by molar-refractivity contribution is 7.03. The number of carbonyl (C=O) groups excluding carboxylic acids is 1. The van der Waals surface area contributed by atoms with Crippen LogP contribution >= 0.6 is 11.5 Å². The average Bonchev–Trinajstić information content (AvgIpc) is 3.07. The number of carbonyl (C=O) groups is 1. The van der Waals surface area contributed by atoms with E-state index in [1.807, 2.05) is 4.90 Å². The van der Waals surface area contributed by atoms with Crippen molar-refractivity contribution in [1.29, 1.82) is 0 Å². The highest BCUT2D eigenvalue weighted by Gasteiger charge is 2.16. The van der Waals surface area contributed by atoms with Crippen LogP contribution in [-0.4, -0.2) is 41.7 Å². The van der Waals surface area contributed by atoms with Crippen LogP contribution in [-0.2, 0) is 4.74 Å². The molecule has 1 aromatic heterocycles. The van der Waals surface area contributed by atoms with Crippen LogP contribution < -0.4 is 4.90 Å². The average molecular weight is 319 g/mol. The maximum atomic E-state index is 14.2. The van der Waals surface area contributed by atoms with Gasteiger partial charge >= 0.3 is 0 Å². The SMILES string of the molecule is O=C(C=Cc1csnn1)c1ccc(N2CCOCC2)c(F)c1. The van der Waals surface area contributed by atoms with Gasteiger partial charge in [0.25, 0.3) is 0 Å². The minimum atomic E-state index is -0.392. The largest absolute Gasteiger partial charge is 0.378 e. The Morgan fingerprint density at radius 2 is 2.18 bits per heavy atom.